The van der Waals surface area contributed by atoms with Crippen LogP contribution < -0.4 is 10.5 Å². The zero-order valence-corrected chi connectivity index (χ0v) is 29.2. The van der Waals surface area contributed by atoms with Gasteiger partial charge in [-0.15, -0.1) is 0 Å². The SMILES string of the molecule is CCCCN(CCCC)C(=O)c1cc(C)n(-c2ccc(NS(=O)c3cc([NH3+])ccc3C)cc2C(=O)N2Cc3ccccc3C[C@H]2CO)n1. The van der Waals surface area contributed by atoms with Crippen LogP contribution in [-0.2, 0) is 24.0 Å². The van der Waals surface area contributed by atoms with Crippen molar-refractivity contribution >= 4 is 34.2 Å². The highest BCUT2D eigenvalue weighted by molar-refractivity contribution is 7.86. The van der Waals surface area contributed by atoms with Gasteiger partial charge in [-0.05, 0) is 80.1 Å². The number of rotatable bonds is 13. The van der Waals surface area contributed by atoms with E-state index < -0.39 is 17.0 Å². The molecular weight excluding hydrogens is 625 g/mol. The van der Waals surface area contributed by atoms with Crippen molar-refractivity contribution in [2.24, 2.45) is 0 Å². The predicted molar refractivity (Wildman–Crippen MR) is 189 cm³/mol. The summed E-state index contributed by atoms with van der Waals surface area (Å²) in [5.41, 5.74) is 10.0. The van der Waals surface area contributed by atoms with Gasteiger partial charge >= 0.3 is 0 Å². The van der Waals surface area contributed by atoms with Crippen LogP contribution in [0.15, 0.2) is 71.6 Å². The van der Waals surface area contributed by atoms with Crippen LogP contribution in [0.2, 0.25) is 0 Å². The summed E-state index contributed by atoms with van der Waals surface area (Å²) in [5, 5.41) is 15.1. The van der Waals surface area contributed by atoms with Crippen LogP contribution in [0.1, 0.15) is 82.8 Å². The average Bonchev–Trinajstić information content (AvgIpc) is 3.49. The van der Waals surface area contributed by atoms with Gasteiger partial charge in [0.1, 0.15) is 5.69 Å². The molecule has 0 fully saturated rings. The number of aliphatic hydroxyl groups excluding tert-OH is 1. The van der Waals surface area contributed by atoms with Crippen molar-refractivity contribution in [2.45, 2.75) is 77.3 Å². The fraction of sp³-hybridized carbons (Fsp3) is 0.378. The van der Waals surface area contributed by atoms with Gasteiger partial charge in [0.15, 0.2) is 16.7 Å². The van der Waals surface area contributed by atoms with Crippen molar-refractivity contribution in [3.05, 3.63) is 100 Å². The van der Waals surface area contributed by atoms with Crippen molar-refractivity contribution in [3.63, 3.8) is 0 Å². The molecule has 0 aliphatic carbocycles. The topological polar surface area (TPSA) is 135 Å². The molecule has 1 aliphatic rings. The summed E-state index contributed by atoms with van der Waals surface area (Å²) in [6, 6.07) is 20.0. The summed E-state index contributed by atoms with van der Waals surface area (Å²) >= 11 is 0. The van der Waals surface area contributed by atoms with E-state index in [-0.39, 0.29) is 18.4 Å². The maximum Gasteiger partial charge on any atom is 0.274 e. The molecule has 0 saturated carbocycles. The number of hydrogen-bond donors (Lipinski definition) is 3. The van der Waals surface area contributed by atoms with Gasteiger partial charge in [0, 0.05) is 37.1 Å². The lowest BCUT2D eigenvalue weighted by atomic mass is 9.93. The highest BCUT2D eigenvalue weighted by atomic mass is 32.2. The highest BCUT2D eigenvalue weighted by Gasteiger charge is 2.32. The lowest BCUT2D eigenvalue weighted by molar-refractivity contribution is -0.255. The number of fused-ring (bicyclic) bond motifs is 1. The standard InChI is InChI=1S/C37H46N6O4S/c1-5-7-17-41(18-8-6-2)37(46)33-19-26(4)43(39-33)34-16-15-30(40-48(47)35-21-29(38)14-13-25(35)3)22-32(34)36(45)42-23-28-12-10-9-11-27(28)20-31(42)24-44/h9-16,19,21-22,31,40,44H,5-8,17-18,20,23-24,38H2,1-4H3/p+1/t31-,48?/m0/s1. The van der Waals surface area contributed by atoms with Crippen LogP contribution in [0.4, 0.5) is 11.4 Å². The Morgan fingerprint density at radius 1 is 1.00 bits per heavy atom. The second-order valence-corrected chi connectivity index (χ2v) is 13.7. The molecule has 0 spiro atoms. The molecule has 1 unspecified atom stereocenters. The van der Waals surface area contributed by atoms with E-state index in [1.54, 1.807) is 39.9 Å². The van der Waals surface area contributed by atoms with E-state index in [0.29, 0.717) is 59.3 Å². The summed E-state index contributed by atoms with van der Waals surface area (Å²) in [4.78, 5) is 32.4. The Balaban J connectivity index is 1.55. The molecule has 5 rings (SSSR count). The van der Waals surface area contributed by atoms with E-state index in [9.17, 15) is 18.9 Å². The zero-order valence-electron chi connectivity index (χ0n) is 28.4. The quantitative estimate of drug-likeness (QED) is 0.182. The molecular formula is C37H47N6O4S+. The van der Waals surface area contributed by atoms with Crippen molar-refractivity contribution in [3.8, 4) is 5.69 Å². The number of anilines is 1. The molecule has 11 heteroatoms. The monoisotopic (exact) mass is 671 g/mol. The van der Waals surface area contributed by atoms with Gasteiger partial charge in [-0.2, -0.15) is 5.10 Å². The molecule has 1 aromatic heterocycles. The number of unbranched alkanes of at least 4 members (excludes halogenated alkanes) is 2. The first-order valence-corrected chi connectivity index (χ1v) is 17.9. The number of aliphatic hydroxyl groups is 1. The van der Waals surface area contributed by atoms with Gasteiger partial charge in [-0.25, -0.2) is 8.89 Å². The minimum atomic E-state index is -1.62. The van der Waals surface area contributed by atoms with Crippen LogP contribution >= 0.6 is 0 Å². The molecule has 10 nitrogen and oxygen atoms in total. The first-order valence-electron chi connectivity index (χ1n) is 16.7. The van der Waals surface area contributed by atoms with Crippen LogP contribution in [0, 0.1) is 13.8 Å². The number of aromatic nitrogens is 2. The number of quaternary nitrogens is 1. The molecule has 2 heterocycles. The Bertz CT molecular complexity index is 1800. The van der Waals surface area contributed by atoms with Crippen LogP contribution in [0.25, 0.3) is 5.69 Å². The van der Waals surface area contributed by atoms with Crippen LogP contribution in [-0.4, -0.2) is 66.4 Å². The van der Waals surface area contributed by atoms with E-state index in [2.05, 4.69) is 24.3 Å². The maximum atomic E-state index is 14.6. The third-order valence-corrected chi connectivity index (χ3v) is 10.2. The minimum absolute atomic E-state index is 0.128. The van der Waals surface area contributed by atoms with Gasteiger partial charge in [-0.1, -0.05) is 57.0 Å². The smallest absolute Gasteiger partial charge is 0.274 e. The van der Waals surface area contributed by atoms with E-state index >= 15 is 0 Å². The van der Waals surface area contributed by atoms with Crippen molar-refractivity contribution in [2.75, 3.05) is 24.4 Å². The van der Waals surface area contributed by atoms with E-state index in [4.69, 9.17) is 5.10 Å². The van der Waals surface area contributed by atoms with E-state index in [1.807, 2.05) is 55.1 Å². The van der Waals surface area contributed by atoms with Crippen LogP contribution in [0.3, 0.4) is 0 Å². The Morgan fingerprint density at radius 3 is 2.40 bits per heavy atom. The van der Waals surface area contributed by atoms with Crippen LogP contribution in [0.5, 0.6) is 0 Å². The number of benzene rings is 3. The first kappa shape index (κ1) is 35.0. The Hall–Kier alpha value is -4.32. The van der Waals surface area contributed by atoms with Crippen molar-refractivity contribution in [1.82, 2.24) is 19.6 Å². The van der Waals surface area contributed by atoms with Gasteiger partial charge in [0.05, 0.1) is 28.8 Å². The largest absolute Gasteiger partial charge is 0.394 e. The molecule has 2 atom stereocenters. The number of carbonyl (C=O) groups excluding carboxylic acids is 2. The Kier molecular flexibility index (Phi) is 11.5. The third-order valence-electron chi connectivity index (χ3n) is 8.90. The molecule has 48 heavy (non-hydrogen) atoms. The summed E-state index contributed by atoms with van der Waals surface area (Å²) in [5.74, 6) is -0.421. The summed E-state index contributed by atoms with van der Waals surface area (Å²) in [6.45, 7) is 9.44. The highest BCUT2D eigenvalue weighted by Crippen LogP contribution is 2.30. The lowest BCUT2D eigenvalue weighted by Gasteiger charge is -2.36. The minimum Gasteiger partial charge on any atom is -0.394 e. The molecule has 254 valence electrons. The fourth-order valence-corrected chi connectivity index (χ4v) is 7.17. The number of nitrogens with one attached hydrogen (secondary N) is 1. The molecule has 1 aliphatic heterocycles. The number of hydrogen-bond acceptors (Lipinski definition) is 5. The van der Waals surface area contributed by atoms with Gasteiger partial charge in [0.25, 0.3) is 11.8 Å². The maximum absolute atomic E-state index is 14.6. The number of amides is 2. The summed E-state index contributed by atoms with van der Waals surface area (Å²) in [7, 11) is -1.62. The third kappa shape index (κ3) is 7.69. The molecule has 0 bridgehead atoms. The molecule has 5 N–H and O–H groups in total. The van der Waals surface area contributed by atoms with Crippen molar-refractivity contribution < 1.29 is 24.6 Å². The second kappa shape index (κ2) is 15.7. The van der Waals surface area contributed by atoms with Gasteiger partial charge in [-0.3, -0.25) is 9.59 Å². The second-order valence-electron chi connectivity index (χ2n) is 12.5. The molecule has 0 radical (unpaired) electrons. The fourth-order valence-electron chi connectivity index (χ4n) is 6.10. The average molecular weight is 672 g/mol. The Labute approximate surface area is 285 Å². The van der Waals surface area contributed by atoms with Gasteiger partial charge < -0.3 is 25.4 Å². The van der Waals surface area contributed by atoms with Gasteiger partial charge in [0.2, 0.25) is 0 Å². The van der Waals surface area contributed by atoms with Crippen molar-refractivity contribution in [1.29, 1.82) is 0 Å². The molecule has 0 saturated heterocycles. The number of aryl methyl sites for hydroxylation is 2. The predicted octanol–water partition coefficient (Wildman–Crippen LogP) is 5.10. The Morgan fingerprint density at radius 2 is 1.71 bits per heavy atom. The summed E-state index contributed by atoms with van der Waals surface area (Å²) in [6.07, 6.45) is 4.31. The molecule has 4 aromatic rings. The lowest BCUT2D eigenvalue weighted by Crippen LogP contribution is -2.46. The normalized spacial score (nSPS) is 14.8. The zero-order chi connectivity index (χ0) is 34.4. The molecule has 3 aromatic carbocycles. The number of nitrogens with zero attached hydrogens (tertiary/aromatic N) is 4. The van der Waals surface area contributed by atoms with E-state index in [0.717, 1.165) is 48.1 Å². The molecule has 2 amide bonds. The van der Waals surface area contributed by atoms with E-state index in [1.165, 1.54) is 0 Å². The first-order chi connectivity index (χ1) is 23.1. The number of carbonyl (C=O) groups is 2. The summed E-state index contributed by atoms with van der Waals surface area (Å²) < 4.78 is 18.2.